The van der Waals surface area contributed by atoms with Crippen LogP contribution in [0.3, 0.4) is 0 Å². The van der Waals surface area contributed by atoms with Gasteiger partial charge in [0.15, 0.2) is 0 Å². The summed E-state index contributed by atoms with van der Waals surface area (Å²) in [7, 11) is 3.87. The number of halogens is 1. The highest BCUT2D eigenvalue weighted by atomic mass is 35.5. The van der Waals surface area contributed by atoms with Crippen LogP contribution in [0.25, 0.3) is 5.76 Å². The van der Waals surface area contributed by atoms with Crippen LogP contribution >= 0.6 is 11.6 Å². The van der Waals surface area contributed by atoms with Gasteiger partial charge in [-0.25, -0.2) is 0 Å². The summed E-state index contributed by atoms with van der Waals surface area (Å²) >= 11 is 5.97. The number of benzene rings is 3. The predicted octanol–water partition coefficient (Wildman–Crippen LogP) is 5.03. The predicted molar refractivity (Wildman–Crippen MR) is 123 cm³/mol. The lowest BCUT2D eigenvalue weighted by Gasteiger charge is -2.26. The van der Waals surface area contributed by atoms with Gasteiger partial charge in [0.1, 0.15) is 5.76 Å². The number of rotatable bonds is 4. The van der Waals surface area contributed by atoms with Gasteiger partial charge in [-0.15, -0.1) is 0 Å². The van der Waals surface area contributed by atoms with E-state index in [1.54, 1.807) is 48.5 Å². The third-order valence-corrected chi connectivity index (χ3v) is 5.57. The first-order valence-corrected chi connectivity index (χ1v) is 10.2. The fourth-order valence-electron chi connectivity index (χ4n) is 3.72. The zero-order valence-corrected chi connectivity index (χ0v) is 17.9. The lowest BCUT2D eigenvalue weighted by molar-refractivity contribution is -0.132. The molecule has 0 aromatic heterocycles. The van der Waals surface area contributed by atoms with Gasteiger partial charge in [-0.3, -0.25) is 14.5 Å². The van der Waals surface area contributed by atoms with Crippen molar-refractivity contribution in [2.24, 2.45) is 0 Å². The van der Waals surface area contributed by atoms with Crippen molar-refractivity contribution in [1.82, 2.24) is 0 Å². The van der Waals surface area contributed by atoms with Crippen molar-refractivity contribution in [3.8, 4) is 0 Å². The number of hydrogen-bond acceptors (Lipinski definition) is 4. The molecule has 1 aliphatic rings. The molecule has 5 nitrogen and oxygen atoms in total. The second kappa shape index (κ2) is 8.28. The number of Topliss-reactive ketones (excluding diaryl/α,β-unsaturated/α-hetero) is 1. The SMILES string of the molecule is CN(C)c1ccc([C@@H]2C(=C(O)c3ccc(Cl)cc3)C(=O)C(=O)N2c2ccccc2)cc1. The molecular weight excluding hydrogens is 412 g/mol. The monoisotopic (exact) mass is 432 g/mol. The van der Waals surface area contributed by atoms with Gasteiger partial charge in [0, 0.05) is 36.1 Å². The smallest absolute Gasteiger partial charge is 0.300 e. The number of para-hydroxylation sites is 1. The maximum absolute atomic E-state index is 13.1. The van der Waals surface area contributed by atoms with Gasteiger partial charge < -0.3 is 10.0 Å². The second-order valence-electron chi connectivity index (χ2n) is 7.50. The van der Waals surface area contributed by atoms with E-state index in [2.05, 4.69) is 0 Å². The Kier molecular flexibility index (Phi) is 5.53. The van der Waals surface area contributed by atoms with Crippen LogP contribution in [0.1, 0.15) is 17.2 Å². The van der Waals surface area contributed by atoms with Gasteiger partial charge in [-0.2, -0.15) is 0 Å². The minimum absolute atomic E-state index is 0.0498. The highest BCUT2D eigenvalue weighted by Gasteiger charge is 2.46. The molecule has 0 aliphatic carbocycles. The van der Waals surface area contributed by atoms with E-state index in [0.29, 0.717) is 16.3 Å². The number of aliphatic hydroxyl groups excluding tert-OH is 1. The van der Waals surface area contributed by atoms with Crippen LogP contribution in [-0.2, 0) is 9.59 Å². The summed E-state index contributed by atoms with van der Waals surface area (Å²) in [6.07, 6.45) is 0. The fourth-order valence-corrected chi connectivity index (χ4v) is 3.85. The van der Waals surface area contributed by atoms with Crippen molar-refractivity contribution in [2.45, 2.75) is 6.04 Å². The maximum Gasteiger partial charge on any atom is 0.300 e. The Morgan fingerprint density at radius 3 is 2.10 bits per heavy atom. The summed E-state index contributed by atoms with van der Waals surface area (Å²) in [5.74, 6) is -1.63. The number of ketones is 1. The van der Waals surface area contributed by atoms with E-state index < -0.39 is 17.7 Å². The van der Waals surface area contributed by atoms with Gasteiger partial charge in [-0.05, 0) is 54.1 Å². The van der Waals surface area contributed by atoms with E-state index >= 15 is 0 Å². The van der Waals surface area contributed by atoms with E-state index in [1.165, 1.54) is 4.90 Å². The average molecular weight is 433 g/mol. The fraction of sp³-hybridized carbons (Fsp3) is 0.120. The number of carbonyl (C=O) groups is 2. The van der Waals surface area contributed by atoms with Gasteiger partial charge in [-0.1, -0.05) is 41.9 Å². The third kappa shape index (κ3) is 3.80. The van der Waals surface area contributed by atoms with Crippen molar-refractivity contribution < 1.29 is 14.7 Å². The van der Waals surface area contributed by atoms with Crippen LogP contribution in [0.15, 0.2) is 84.4 Å². The van der Waals surface area contributed by atoms with Gasteiger partial charge in [0.05, 0.1) is 11.6 Å². The normalized spacial score (nSPS) is 17.8. The average Bonchev–Trinajstić information content (AvgIpc) is 3.05. The topological polar surface area (TPSA) is 60.9 Å². The molecule has 3 aromatic carbocycles. The molecule has 6 heteroatoms. The lowest BCUT2D eigenvalue weighted by atomic mass is 9.95. The Morgan fingerprint density at radius 2 is 1.52 bits per heavy atom. The van der Waals surface area contributed by atoms with E-state index in [1.807, 2.05) is 49.3 Å². The second-order valence-corrected chi connectivity index (χ2v) is 7.93. The first-order chi connectivity index (χ1) is 14.9. The molecule has 0 bridgehead atoms. The quantitative estimate of drug-likeness (QED) is 0.357. The van der Waals surface area contributed by atoms with Crippen molar-refractivity contribution >= 4 is 40.4 Å². The summed E-state index contributed by atoms with van der Waals surface area (Å²) in [6.45, 7) is 0. The lowest BCUT2D eigenvalue weighted by Crippen LogP contribution is -2.29. The number of hydrogen-bond donors (Lipinski definition) is 1. The molecule has 1 amide bonds. The molecule has 0 spiro atoms. The van der Waals surface area contributed by atoms with Crippen molar-refractivity contribution in [1.29, 1.82) is 0 Å². The molecular formula is C25H21ClN2O3. The zero-order valence-electron chi connectivity index (χ0n) is 17.1. The molecule has 1 heterocycles. The van der Waals surface area contributed by atoms with E-state index in [4.69, 9.17) is 11.6 Å². The molecule has 0 saturated carbocycles. The molecule has 1 fully saturated rings. The summed E-state index contributed by atoms with van der Waals surface area (Å²) in [5, 5.41) is 11.6. The van der Waals surface area contributed by atoms with Crippen molar-refractivity contribution in [2.75, 3.05) is 23.9 Å². The number of amides is 1. The van der Waals surface area contributed by atoms with E-state index in [9.17, 15) is 14.7 Å². The van der Waals surface area contributed by atoms with Crippen LogP contribution in [-0.4, -0.2) is 30.9 Å². The first-order valence-electron chi connectivity index (χ1n) is 9.78. The van der Waals surface area contributed by atoms with Crippen LogP contribution < -0.4 is 9.80 Å². The largest absolute Gasteiger partial charge is 0.507 e. The standard InChI is InChI=1S/C25H21ClN2O3/c1-27(2)19-14-10-16(11-15-19)22-21(23(29)17-8-12-18(26)13-9-17)24(30)25(31)28(22)20-6-4-3-5-7-20/h3-15,22,29H,1-2H3/t22-/m1/s1. The van der Waals surface area contributed by atoms with Gasteiger partial charge >= 0.3 is 0 Å². The minimum Gasteiger partial charge on any atom is -0.507 e. The Morgan fingerprint density at radius 1 is 0.903 bits per heavy atom. The first kappa shape index (κ1) is 20.7. The molecule has 156 valence electrons. The van der Waals surface area contributed by atoms with E-state index in [-0.39, 0.29) is 11.3 Å². The molecule has 31 heavy (non-hydrogen) atoms. The number of aliphatic hydroxyl groups is 1. The van der Waals surface area contributed by atoms with Crippen LogP contribution in [0.2, 0.25) is 5.02 Å². The molecule has 0 unspecified atom stereocenters. The summed E-state index contributed by atoms with van der Waals surface area (Å²) in [5.41, 5.74) is 2.77. The number of carbonyl (C=O) groups excluding carboxylic acids is 2. The Bertz CT molecular complexity index is 1150. The van der Waals surface area contributed by atoms with Crippen LogP contribution in [0, 0.1) is 0 Å². The third-order valence-electron chi connectivity index (χ3n) is 5.32. The minimum atomic E-state index is -0.755. The molecule has 1 N–H and O–H groups in total. The summed E-state index contributed by atoms with van der Waals surface area (Å²) < 4.78 is 0. The molecule has 1 aliphatic heterocycles. The van der Waals surface area contributed by atoms with Crippen LogP contribution in [0.5, 0.6) is 0 Å². The number of anilines is 2. The van der Waals surface area contributed by atoms with Gasteiger partial charge in [0.25, 0.3) is 11.7 Å². The molecule has 1 atom stereocenters. The van der Waals surface area contributed by atoms with Gasteiger partial charge in [0.2, 0.25) is 0 Å². The Balaban J connectivity index is 1.91. The Labute approximate surface area is 185 Å². The Hall–Kier alpha value is -3.57. The van der Waals surface area contributed by atoms with Crippen LogP contribution in [0.4, 0.5) is 11.4 Å². The number of nitrogens with zero attached hydrogens (tertiary/aromatic N) is 2. The zero-order chi connectivity index (χ0) is 22.1. The maximum atomic E-state index is 13.1. The summed E-state index contributed by atoms with van der Waals surface area (Å²) in [4.78, 5) is 29.6. The molecule has 3 aromatic rings. The van der Waals surface area contributed by atoms with Crippen molar-refractivity contribution in [3.63, 3.8) is 0 Å². The molecule has 0 radical (unpaired) electrons. The van der Waals surface area contributed by atoms with Crippen molar-refractivity contribution in [3.05, 3.63) is 101 Å². The highest BCUT2D eigenvalue weighted by Crippen LogP contribution is 2.42. The summed E-state index contributed by atoms with van der Waals surface area (Å²) in [6, 6.07) is 22.3. The van der Waals surface area contributed by atoms with E-state index in [0.717, 1.165) is 11.3 Å². The molecule has 4 rings (SSSR count). The highest BCUT2D eigenvalue weighted by molar-refractivity contribution is 6.51. The molecule has 1 saturated heterocycles.